The summed E-state index contributed by atoms with van der Waals surface area (Å²) in [6.07, 6.45) is 6.48. The highest BCUT2D eigenvalue weighted by atomic mass is 35.5. The van der Waals surface area contributed by atoms with E-state index in [0.717, 1.165) is 12.3 Å². The predicted octanol–water partition coefficient (Wildman–Crippen LogP) is 2.42. The summed E-state index contributed by atoms with van der Waals surface area (Å²) in [7, 11) is 6.66. The maximum Gasteiger partial charge on any atom is 0.0330 e. The van der Waals surface area contributed by atoms with Crippen LogP contribution in [0.2, 0.25) is 0 Å². The molecule has 0 aliphatic heterocycles. The van der Waals surface area contributed by atoms with Gasteiger partial charge in [0, 0.05) is 18.0 Å². The van der Waals surface area contributed by atoms with Gasteiger partial charge in [0.05, 0.1) is 0 Å². The summed E-state index contributed by atoms with van der Waals surface area (Å²) < 4.78 is 0. The zero-order valence-corrected chi connectivity index (χ0v) is 11.2. The Labute approximate surface area is 99.6 Å². The van der Waals surface area contributed by atoms with Gasteiger partial charge < -0.3 is 9.80 Å². The Balaban J connectivity index is 2.26. The van der Waals surface area contributed by atoms with Crippen LogP contribution in [0.25, 0.3) is 0 Å². The maximum atomic E-state index is 5.68. The Hall–Kier alpha value is 0.210. The average Bonchev–Trinajstić information content (AvgIpc) is 2.11. The molecule has 0 spiro atoms. The van der Waals surface area contributed by atoms with Crippen LogP contribution < -0.4 is 0 Å². The van der Waals surface area contributed by atoms with Crippen molar-refractivity contribution in [2.24, 2.45) is 0 Å². The normalized spacial score (nSPS) is 19.6. The SMILES string of the molecule is CN(CCCCCl)CC1(N(C)C)CCC1. The largest absolute Gasteiger partial charge is 0.305 e. The van der Waals surface area contributed by atoms with Crippen LogP contribution in [-0.2, 0) is 0 Å². The summed E-state index contributed by atoms with van der Waals surface area (Å²) in [6, 6.07) is 0. The van der Waals surface area contributed by atoms with Crippen molar-refractivity contribution in [2.45, 2.75) is 37.6 Å². The van der Waals surface area contributed by atoms with Crippen LogP contribution in [0.5, 0.6) is 0 Å². The lowest BCUT2D eigenvalue weighted by Gasteiger charge is -2.49. The highest BCUT2D eigenvalue weighted by molar-refractivity contribution is 6.17. The third kappa shape index (κ3) is 3.61. The molecule has 2 nitrogen and oxygen atoms in total. The third-order valence-corrected chi connectivity index (χ3v) is 3.99. The van der Waals surface area contributed by atoms with Crippen LogP contribution in [-0.4, -0.2) is 55.5 Å². The Kier molecular flexibility index (Phi) is 5.37. The van der Waals surface area contributed by atoms with Gasteiger partial charge in [-0.3, -0.25) is 0 Å². The van der Waals surface area contributed by atoms with Crippen molar-refractivity contribution in [1.29, 1.82) is 0 Å². The molecule has 1 rings (SSSR count). The molecule has 1 saturated carbocycles. The van der Waals surface area contributed by atoms with E-state index in [2.05, 4.69) is 30.9 Å². The number of unbranched alkanes of at least 4 members (excludes halogenated alkanes) is 1. The van der Waals surface area contributed by atoms with Gasteiger partial charge in [-0.2, -0.15) is 0 Å². The van der Waals surface area contributed by atoms with Gasteiger partial charge in [-0.05, 0) is 59.8 Å². The molecule has 0 heterocycles. The minimum Gasteiger partial charge on any atom is -0.305 e. The van der Waals surface area contributed by atoms with E-state index in [-0.39, 0.29) is 0 Å². The summed E-state index contributed by atoms with van der Waals surface area (Å²) in [4.78, 5) is 4.88. The Morgan fingerprint density at radius 1 is 1.13 bits per heavy atom. The highest BCUT2D eigenvalue weighted by Crippen LogP contribution is 2.36. The fourth-order valence-corrected chi connectivity index (χ4v) is 2.58. The number of nitrogens with zero attached hydrogens (tertiary/aromatic N) is 2. The van der Waals surface area contributed by atoms with E-state index in [1.807, 2.05) is 0 Å². The number of halogens is 1. The van der Waals surface area contributed by atoms with E-state index >= 15 is 0 Å². The van der Waals surface area contributed by atoms with E-state index in [0.29, 0.717) is 5.54 Å². The van der Waals surface area contributed by atoms with Gasteiger partial charge in [0.1, 0.15) is 0 Å². The van der Waals surface area contributed by atoms with Gasteiger partial charge in [0.25, 0.3) is 0 Å². The highest BCUT2D eigenvalue weighted by Gasteiger charge is 2.39. The topological polar surface area (TPSA) is 6.48 Å². The lowest BCUT2D eigenvalue weighted by atomic mass is 9.75. The molecule has 0 bridgehead atoms. The first kappa shape index (κ1) is 13.3. The van der Waals surface area contributed by atoms with Crippen LogP contribution in [0.15, 0.2) is 0 Å². The van der Waals surface area contributed by atoms with Crippen LogP contribution in [0.1, 0.15) is 32.1 Å². The van der Waals surface area contributed by atoms with Gasteiger partial charge >= 0.3 is 0 Å². The van der Waals surface area contributed by atoms with Crippen molar-refractivity contribution >= 4 is 11.6 Å². The monoisotopic (exact) mass is 232 g/mol. The van der Waals surface area contributed by atoms with E-state index < -0.39 is 0 Å². The molecule has 1 fully saturated rings. The fourth-order valence-electron chi connectivity index (χ4n) is 2.39. The molecule has 1 aliphatic carbocycles. The summed E-state index contributed by atoms with van der Waals surface area (Å²) >= 11 is 5.68. The Morgan fingerprint density at radius 2 is 1.80 bits per heavy atom. The molecule has 0 aromatic rings. The van der Waals surface area contributed by atoms with Gasteiger partial charge in [-0.1, -0.05) is 0 Å². The molecule has 0 atom stereocenters. The number of likely N-dealkylation sites (N-methyl/N-ethyl adjacent to an activating group) is 2. The van der Waals surface area contributed by atoms with Gasteiger partial charge in [0.15, 0.2) is 0 Å². The zero-order chi connectivity index (χ0) is 11.3. The molecule has 15 heavy (non-hydrogen) atoms. The molecule has 3 heteroatoms. The zero-order valence-electron chi connectivity index (χ0n) is 10.4. The lowest BCUT2D eigenvalue weighted by Crippen LogP contribution is -2.56. The number of hydrogen-bond donors (Lipinski definition) is 0. The molecule has 0 amide bonds. The van der Waals surface area contributed by atoms with Gasteiger partial charge in [0.2, 0.25) is 0 Å². The van der Waals surface area contributed by atoms with Crippen molar-refractivity contribution in [3.63, 3.8) is 0 Å². The van der Waals surface area contributed by atoms with E-state index in [9.17, 15) is 0 Å². The Morgan fingerprint density at radius 3 is 2.20 bits per heavy atom. The molecule has 1 aliphatic rings. The molecule has 0 N–H and O–H groups in total. The van der Waals surface area contributed by atoms with Gasteiger partial charge in [-0.25, -0.2) is 0 Å². The second-order valence-electron chi connectivity index (χ2n) is 5.11. The predicted molar refractivity (Wildman–Crippen MR) is 67.7 cm³/mol. The fraction of sp³-hybridized carbons (Fsp3) is 1.00. The first-order chi connectivity index (χ1) is 7.10. The van der Waals surface area contributed by atoms with Crippen LogP contribution in [0, 0.1) is 0 Å². The van der Waals surface area contributed by atoms with Crippen LogP contribution in [0.4, 0.5) is 0 Å². The minimum atomic E-state index is 0.468. The molecule has 0 saturated heterocycles. The van der Waals surface area contributed by atoms with Crippen LogP contribution in [0.3, 0.4) is 0 Å². The molecular formula is C12H25ClN2. The summed E-state index contributed by atoms with van der Waals surface area (Å²) in [6.45, 7) is 2.39. The van der Waals surface area contributed by atoms with Gasteiger partial charge in [-0.15, -0.1) is 11.6 Å². The molecule has 0 unspecified atom stereocenters. The molecule has 0 aromatic heterocycles. The van der Waals surface area contributed by atoms with E-state index in [1.165, 1.54) is 38.8 Å². The first-order valence-electron chi connectivity index (χ1n) is 6.03. The van der Waals surface area contributed by atoms with Crippen molar-refractivity contribution in [1.82, 2.24) is 9.80 Å². The molecular weight excluding hydrogens is 208 g/mol. The quantitative estimate of drug-likeness (QED) is 0.492. The first-order valence-corrected chi connectivity index (χ1v) is 6.56. The van der Waals surface area contributed by atoms with Crippen molar-refractivity contribution in [3.05, 3.63) is 0 Å². The second-order valence-corrected chi connectivity index (χ2v) is 5.48. The van der Waals surface area contributed by atoms with E-state index in [4.69, 9.17) is 11.6 Å². The lowest BCUT2D eigenvalue weighted by molar-refractivity contribution is 0.0276. The number of rotatable bonds is 7. The smallest absolute Gasteiger partial charge is 0.0330 e. The molecule has 90 valence electrons. The van der Waals surface area contributed by atoms with Crippen LogP contribution >= 0.6 is 11.6 Å². The second kappa shape index (κ2) is 6.07. The summed E-state index contributed by atoms with van der Waals surface area (Å²) in [5.74, 6) is 0.798. The van der Waals surface area contributed by atoms with E-state index in [1.54, 1.807) is 0 Å². The summed E-state index contributed by atoms with van der Waals surface area (Å²) in [5.41, 5.74) is 0.468. The number of hydrogen-bond acceptors (Lipinski definition) is 2. The molecule has 0 radical (unpaired) electrons. The standard InChI is InChI=1S/C12H25ClN2/c1-14(2)12(7-6-8-12)11-15(3)10-5-4-9-13/h4-11H2,1-3H3. The minimum absolute atomic E-state index is 0.468. The maximum absolute atomic E-state index is 5.68. The number of alkyl halides is 1. The molecule has 0 aromatic carbocycles. The van der Waals surface area contributed by atoms with Crippen molar-refractivity contribution < 1.29 is 0 Å². The Bertz CT molecular complexity index is 178. The van der Waals surface area contributed by atoms with Crippen molar-refractivity contribution in [2.75, 3.05) is 40.1 Å². The average molecular weight is 233 g/mol. The summed E-state index contributed by atoms with van der Waals surface area (Å²) in [5, 5.41) is 0. The van der Waals surface area contributed by atoms with Crippen molar-refractivity contribution in [3.8, 4) is 0 Å². The third-order valence-electron chi connectivity index (χ3n) is 3.72.